The molecule has 0 radical (unpaired) electrons. The second kappa shape index (κ2) is 7.48. The molecule has 21 heavy (non-hydrogen) atoms. The van der Waals surface area contributed by atoms with Crippen molar-refractivity contribution in [2.75, 3.05) is 6.61 Å². The lowest BCUT2D eigenvalue weighted by Crippen LogP contribution is -2.01. The van der Waals surface area contributed by atoms with Gasteiger partial charge >= 0.3 is 0 Å². The molecule has 0 fully saturated rings. The van der Waals surface area contributed by atoms with E-state index in [2.05, 4.69) is 15.9 Å². The van der Waals surface area contributed by atoms with Crippen LogP contribution in [0.3, 0.4) is 0 Å². The Hall–Kier alpha value is -1.52. The van der Waals surface area contributed by atoms with E-state index in [1.165, 1.54) is 0 Å². The monoisotopic (exact) mass is 368 g/mol. The third-order valence-corrected chi connectivity index (χ3v) is 3.52. The summed E-state index contributed by atoms with van der Waals surface area (Å²) in [6.07, 6.45) is 0. The summed E-state index contributed by atoms with van der Waals surface area (Å²) in [5, 5.41) is -0.518. The van der Waals surface area contributed by atoms with Gasteiger partial charge in [-0.15, -0.1) is 0 Å². The molecule has 0 bridgehead atoms. The lowest BCUT2D eigenvalue weighted by atomic mass is 10.2. The van der Waals surface area contributed by atoms with Gasteiger partial charge in [-0.05, 0) is 54.4 Å². The highest BCUT2D eigenvalue weighted by atomic mass is 79.9. The summed E-state index contributed by atoms with van der Waals surface area (Å²) in [5.41, 5.74) is 1.43. The van der Waals surface area contributed by atoms with Gasteiger partial charge in [0.25, 0.3) is 5.24 Å². The van der Waals surface area contributed by atoms with Gasteiger partial charge in [0.15, 0.2) is 11.5 Å². The molecule has 0 aliphatic heterocycles. The normalized spacial score (nSPS) is 10.2. The van der Waals surface area contributed by atoms with Crippen LogP contribution in [0, 0.1) is 0 Å². The summed E-state index contributed by atoms with van der Waals surface area (Å²) in [5.74, 6) is 1.10. The molecule has 0 aliphatic rings. The van der Waals surface area contributed by atoms with E-state index in [1.54, 1.807) is 18.2 Å². The van der Waals surface area contributed by atoms with Crippen molar-refractivity contribution in [3.05, 3.63) is 58.1 Å². The smallest absolute Gasteiger partial charge is 0.252 e. The van der Waals surface area contributed by atoms with Crippen molar-refractivity contribution >= 4 is 32.8 Å². The average Bonchev–Trinajstić information content (AvgIpc) is 2.47. The first-order valence-corrected chi connectivity index (χ1v) is 7.61. The lowest BCUT2D eigenvalue weighted by Gasteiger charge is -2.12. The van der Waals surface area contributed by atoms with Gasteiger partial charge in [-0.25, -0.2) is 0 Å². The molecule has 3 nitrogen and oxygen atoms in total. The number of hydrogen-bond donors (Lipinski definition) is 0. The van der Waals surface area contributed by atoms with Crippen molar-refractivity contribution in [1.29, 1.82) is 0 Å². The Bertz CT molecular complexity index is 626. The van der Waals surface area contributed by atoms with Gasteiger partial charge < -0.3 is 9.47 Å². The highest BCUT2D eigenvalue weighted by molar-refractivity contribution is 9.10. The number of ether oxygens (including phenoxy) is 2. The second-order valence-electron chi connectivity index (χ2n) is 4.28. The van der Waals surface area contributed by atoms with E-state index < -0.39 is 5.24 Å². The molecule has 0 N–H and O–H groups in total. The maximum atomic E-state index is 11.2. The van der Waals surface area contributed by atoms with Crippen LogP contribution in [0.2, 0.25) is 0 Å². The molecule has 0 spiro atoms. The average molecular weight is 370 g/mol. The molecule has 2 aromatic rings. The predicted octanol–water partition coefficient (Wildman–Crippen LogP) is 4.81. The van der Waals surface area contributed by atoms with Crippen molar-refractivity contribution in [2.24, 2.45) is 0 Å². The standard InChI is InChI=1S/C16H14BrClO3/c1-2-20-15-9-12(16(18)19)5-8-14(15)21-10-11-3-6-13(17)7-4-11/h3-9H,2,10H2,1H3. The zero-order valence-corrected chi connectivity index (χ0v) is 13.8. The first-order chi connectivity index (χ1) is 10.1. The first kappa shape index (κ1) is 15.9. The molecular formula is C16H14BrClO3. The van der Waals surface area contributed by atoms with Crippen LogP contribution in [0.5, 0.6) is 11.5 Å². The van der Waals surface area contributed by atoms with Gasteiger partial charge in [-0.1, -0.05) is 28.1 Å². The summed E-state index contributed by atoms with van der Waals surface area (Å²) in [4.78, 5) is 11.2. The minimum absolute atomic E-state index is 0.385. The highest BCUT2D eigenvalue weighted by Crippen LogP contribution is 2.30. The van der Waals surface area contributed by atoms with Crippen LogP contribution in [0.1, 0.15) is 22.8 Å². The van der Waals surface area contributed by atoms with Crippen LogP contribution < -0.4 is 9.47 Å². The number of carbonyl (C=O) groups excluding carboxylic acids is 1. The Kier molecular flexibility index (Phi) is 5.65. The van der Waals surface area contributed by atoms with E-state index in [4.69, 9.17) is 21.1 Å². The third kappa shape index (κ3) is 4.48. The number of hydrogen-bond acceptors (Lipinski definition) is 3. The Morgan fingerprint density at radius 1 is 1.10 bits per heavy atom. The number of benzene rings is 2. The Labute approximate surface area is 137 Å². The fourth-order valence-corrected chi connectivity index (χ4v) is 2.14. The summed E-state index contributed by atoms with van der Waals surface area (Å²) in [6, 6.07) is 12.8. The van der Waals surface area contributed by atoms with Gasteiger partial charge in [-0.2, -0.15) is 0 Å². The fraction of sp³-hybridized carbons (Fsp3) is 0.188. The predicted molar refractivity (Wildman–Crippen MR) is 86.3 cm³/mol. The zero-order valence-electron chi connectivity index (χ0n) is 11.4. The summed E-state index contributed by atoms with van der Waals surface area (Å²) in [6.45, 7) is 2.77. The van der Waals surface area contributed by atoms with Crippen LogP contribution in [-0.2, 0) is 6.61 Å². The van der Waals surface area contributed by atoms with Gasteiger partial charge in [0.2, 0.25) is 0 Å². The van der Waals surface area contributed by atoms with Crippen LogP contribution in [-0.4, -0.2) is 11.8 Å². The molecule has 0 saturated carbocycles. The van der Waals surface area contributed by atoms with Crippen molar-refractivity contribution in [3.63, 3.8) is 0 Å². The van der Waals surface area contributed by atoms with Crippen molar-refractivity contribution in [1.82, 2.24) is 0 Å². The Morgan fingerprint density at radius 3 is 2.43 bits per heavy atom. The molecule has 5 heteroatoms. The summed E-state index contributed by atoms with van der Waals surface area (Å²) < 4.78 is 12.3. The molecule has 0 aromatic heterocycles. The summed E-state index contributed by atoms with van der Waals surface area (Å²) in [7, 11) is 0. The van der Waals surface area contributed by atoms with Gasteiger partial charge in [0.05, 0.1) is 6.61 Å². The molecule has 0 heterocycles. The largest absolute Gasteiger partial charge is 0.490 e. The second-order valence-corrected chi connectivity index (χ2v) is 5.54. The first-order valence-electron chi connectivity index (χ1n) is 6.44. The third-order valence-electron chi connectivity index (χ3n) is 2.78. The van der Waals surface area contributed by atoms with Gasteiger partial charge in [-0.3, -0.25) is 4.79 Å². The van der Waals surface area contributed by atoms with E-state index in [0.29, 0.717) is 30.3 Å². The van der Waals surface area contributed by atoms with Crippen molar-refractivity contribution in [3.8, 4) is 11.5 Å². The van der Waals surface area contributed by atoms with Crippen LogP contribution >= 0.6 is 27.5 Å². The topological polar surface area (TPSA) is 35.5 Å². The molecule has 0 aliphatic carbocycles. The van der Waals surface area contributed by atoms with E-state index in [0.717, 1.165) is 10.0 Å². The van der Waals surface area contributed by atoms with Crippen molar-refractivity contribution in [2.45, 2.75) is 13.5 Å². The highest BCUT2D eigenvalue weighted by Gasteiger charge is 2.10. The van der Waals surface area contributed by atoms with Crippen molar-refractivity contribution < 1.29 is 14.3 Å². The SMILES string of the molecule is CCOc1cc(C(=O)Cl)ccc1OCc1ccc(Br)cc1. The fourth-order valence-electron chi connectivity index (χ4n) is 1.76. The maximum Gasteiger partial charge on any atom is 0.252 e. The quantitative estimate of drug-likeness (QED) is 0.686. The van der Waals surface area contributed by atoms with Gasteiger partial charge in [0.1, 0.15) is 6.61 Å². The van der Waals surface area contributed by atoms with Crippen LogP contribution in [0.4, 0.5) is 0 Å². The Balaban J connectivity index is 2.14. The van der Waals surface area contributed by atoms with E-state index in [-0.39, 0.29) is 0 Å². The van der Waals surface area contributed by atoms with Crippen LogP contribution in [0.25, 0.3) is 0 Å². The molecular weight excluding hydrogens is 356 g/mol. The summed E-state index contributed by atoms with van der Waals surface area (Å²) >= 11 is 8.87. The minimum atomic E-state index is -0.518. The molecule has 2 rings (SSSR count). The molecule has 0 amide bonds. The van der Waals surface area contributed by atoms with E-state index >= 15 is 0 Å². The van der Waals surface area contributed by atoms with Gasteiger partial charge in [0, 0.05) is 10.0 Å². The van der Waals surface area contributed by atoms with E-state index in [9.17, 15) is 4.79 Å². The van der Waals surface area contributed by atoms with Crippen LogP contribution in [0.15, 0.2) is 46.9 Å². The van der Waals surface area contributed by atoms with E-state index in [1.807, 2.05) is 31.2 Å². The zero-order chi connectivity index (χ0) is 15.2. The number of rotatable bonds is 6. The lowest BCUT2D eigenvalue weighted by molar-refractivity contribution is 0.108. The minimum Gasteiger partial charge on any atom is -0.490 e. The molecule has 0 atom stereocenters. The number of carbonyl (C=O) groups is 1. The Morgan fingerprint density at radius 2 is 1.81 bits per heavy atom. The molecule has 0 saturated heterocycles. The molecule has 2 aromatic carbocycles. The number of halogens is 2. The molecule has 0 unspecified atom stereocenters. The maximum absolute atomic E-state index is 11.2. The molecule has 110 valence electrons.